The first-order valence-corrected chi connectivity index (χ1v) is 8.43. The van der Waals surface area contributed by atoms with E-state index in [0.29, 0.717) is 18.2 Å². The van der Waals surface area contributed by atoms with E-state index in [1.165, 1.54) is 0 Å². The van der Waals surface area contributed by atoms with Crippen molar-refractivity contribution >= 4 is 17.5 Å². The van der Waals surface area contributed by atoms with Crippen LogP contribution < -0.4 is 4.74 Å². The SMILES string of the molecule is O=C(Cn1ccnc1)N1CCN(CCOc2ccc(Cl)cc2)CC1. The second kappa shape index (κ2) is 8.17. The lowest BCUT2D eigenvalue weighted by molar-refractivity contribution is -0.133. The number of amides is 1. The largest absolute Gasteiger partial charge is 0.492 e. The van der Waals surface area contributed by atoms with Gasteiger partial charge in [-0.1, -0.05) is 11.6 Å². The van der Waals surface area contributed by atoms with Crippen LogP contribution in [0.15, 0.2) is 43.0 Å². The third kappa shape index (κ3) is 4.72. The second-order valence-electron chi connectivity index (χ2n) is 5.76. The van der Waals surface area contributed by atoms with Crippen LogP contribution >= 0.6 is 11.6 Å². The molecule has 0 spiro atoms. The molecule has 1 aromatic carbocycles. The number of piperazine rings is 1. The van der Waals surface area contributed by atoms with Crippen molar-refractivity contribution in [1.82, 2.24) is 19.4 Å². The summed E-state index contributed by atoms with van der Waals surface area (Å²) in [5.41, 5.74) is 0. The molecule has 2 heterocycles. The van der Waals surface area contributed by atoms with Gasteiger partial charge in [-0.3, -0.25) is 9.69 Å². The minimum atomic E-state index is 0.144. The Hall–Kier alpha value is -2.05. The van der Waals surface area contributed by atoms with Gasteiger partial charge in [0.1, 0.15) is 18.9 Å². The zero-order valence-electron chi connectivity index (χ0n) is 13.5. The summed E-state index contributed by atoms with van der Waals surface area (Å²) < 4.78 is 7.52. The Kier molecular flexibility index (Phi) is 5.72. The van der Waals surface area contributed by atoms with Gasteiger partial charge in [0.2, 0.25) is 5.91 Å². The zero-order chi connectivity index (χ0) is 16.8. The van der Waals surface area contributed by atoms with Crippen molar-refractivity contribution in [3.63, 3.8) is 0 Å². The van der Waals surface area contributed by atoms with Gasteiger partial charge in [0.15, 0.2) is 0 Å². The fourth-order valence-corrected chi connectivity index (χ4v) is 2.81. The summed E-state index contributed by atoms with van der Waals surface area (Å²) in [5, 5.41) is 0.707. The molecular weight excluding hydrogens is 328 g/mol. The molecule has 0 N–H and O–H groups in total. The van der Waals surface area contributed by atoms with Crippen molar-refractivity contribution < 1.29 is 9.53 Å². The van der Waals surface area contributed by atoms with Crippen molar-refractivity contribution in [2.75, 3.05) is 39.3 Å². The molecular formula is C17H21ClN4O2. The van der Waals surface area contributed by atoms with E-state index in [2.05, 4.69) is 9.88 Å². The number of ether oxygens (including phenoxy) is 1. The van der Waals surface area contributed by atoms with Gasteiger partial charge in [-0.05, 0) is 24.3 Å². The van der Waals surface area contributed by atoms with E-state index >= 15 is 0 Å². The van der Waals surface area contributed by atoms with Crippen molar-refractivity contribution in [2.45, 2.75) is 6.54 Å². The van der Waals surface area contributed by atoms with Crippen molar-refractivity contribution in [3.05, 3.63) is 48.0 Å². The molecule has 128 valence electrons. The summed E-state index contributed by atoms with van der Waals surface area (Å²) in [7, 11) is 0. The molecule has 0 atom stereocenters. The Morgan fingerprint density at radius 3 is 2.58 bits per heavy atom. The van der Waals surface area contributed by atoms with E-state index in [4.69, 9.17) is 16.3 Å². The van der Waals surface area contributed by atoms with Gasteiger partial charge in [0.05, 0.1) is 6.33 Å². The monoisotopic (exact) mass is 348 g/mol. The number of halogens is 1. The van der Waals surface area contributed by atoms with E-state index in [9.17, 15) is 4.79 Å². The predicted molar refractivity (Wildman–Crippen MR) is 92.2 cm³/mol. The highest BCUT2D eigenvalue weighted by molar-refractivity contribution is 6.30. The maximum absolute atomic E-state index is 12.2. The number of aromatic nitrogens is 2. The summed E-state index contributed by atoms with van der Waals surface area (Å²) in [6, 6.07) is 7.38. The number of hydrogen-bond donors (Lipinski definition) is 0. The number of carbonyl (C=O) groups is 1. The molecule has 0 aliphatic carbocycles. The van der Waals surface area contributed by atoms with E-state index in [-0.39, 0.29) is 5.91 Å². The maximum atomic E-state index is 12.2. The summed E-state index contributed by atoms with van der Waals surface area (Å²) in [6.07, 6.45) is 5.16. The molecule has 0 unspecified atom stereocenters. The summed E-state index contributed by atoms with van der Waals surface area (Å²) in [4.78, 5) is 20.4. The van der Waals surface area contributed by atoms with Crippen LogP contribution in [0.4, 0.5) is 0 Å². The van der Waals surface area contributed by atoms with E-state index in [1.807, 2.05) is 35.4 Å². The Morgan fingerprint density at radius 1 is 1.17 bits per heavy atom. The standard InChI is InChI=1S/C17H21ClN4O2/c18-15-1-3-16(4-2-15)24-12-11-20-7-9-22(10-8-20)17(23)13-21-6-5-19-14-21/h1-6,14H,7-13H2. The molecule has 0 saturated carbocycles. The molecule has 2 aromatic rings. The lowest BCUT2D eigenvalue weighted by atomic mass is 10.3. The van der Waals surface area contributed by atoms with Crippen LogP contribution in [0.5, 0.6) is 5.75 Å². The number of hydrogen-bond acceptors (Lipinski definition) is 4. The van der Waals surface area contributed by atoms with Crippen LogP contribution in [0.3, 0.4) is 0 Å². The first-order valence-electron chi connectivity index (χ1n) is 8.05. The van der Waals surface area contributed by atoms with Gasteiger partial charge < -0.3 is 14.2 Å². The van der Waals surface area contributed by atoms with Crippen LogP contribution in [0.1, 0.15) is 0 Å². The third-order valence-corrected chi connectivity index (χ3v) is 4.34. The molecule has 6 nitrogen and oxygen atoms in total. The zero-order valence-corrected chi connectivity index (χ0v) is 14.2. The third-order valence-electron chi connectivity index (χ3n) is 4.09. The molecule has 1 amide bonds. The normalized spacial score (nSPS) is 15.5. The molecule has 1 aliphatic rings. The van der Waals surface area contributed by atoms with E-state index in [1.54, 1.807) is 17.1 Å². The van der Waals surface area contributed by atoms with Crippen LogP contribution in [0, 0.1) is 0 Å². The van der Waals surface area contributed by atoms with E-state index < -0.39 is 0 Å². The van der Waals surface area contributed by atoms with Gasteiger partial charge in [-0.25, -0.2) is 4.98 Å². The molecule has 0 radical (unpaired) electrons. The van der Waals surface area contributed by atoms with Crippen LogP contribution in [-0.4, -0.2) is 64.6 Å². The number of nitrogens with zero attached hydrogens (tertiary/aromatic N) is 4. The second-order valence-corrected chi connectivity index (χ2v) is 6.20. The average Bonchev–Trinajstić information content (AvgIpc) is 3.10. The minimum absolute atomic E-state index is 0.144. The van der Waals surface area contributed by atoms with Gasteiger partial charge in [0.25, 0.3) is 0 Å². The Balaban J connectivity index is 1.36. The highest BCUT2D eigenvalue weighted by Crippen LogP contribution is 2.15. The number of benzene rings is 1. The lowest BCUT2D eigenvalue weighted by Crippen LogP contribution is -2.50. The van der Waals surface area contributed by atoms with Crippen molar-refractivity contribution in [1.29, 1.82) is 0 Å². The van der Waals surface area contributed by atoms with Crippen LogP contribution in [0.2, 0.25) is 5.02 Å². The fraction of sp³-hybridized carbons (Fsp3) is 0.412. The quantitative estimate of drug-likeness (QED) is 0.798. The Labute approximate surface area is 146 Å². The molecule has 1 fully saturated rings. The van der Waals surface area contributed by atoms with Gasteiger partial charge in [-0.2, -0.15) is 0 Å². The lowest BCUT2D eigenvalue weighted by Gasteiger charge is -2.34. The predicted octanol–water partition coefficient (Wildman–Crippen LogP) is 1.76. The van der Waals surface area contributed by atoms with E-state index in [0.717, 1.165) is 38.5 Å². The highest BCUT2D eigenvalue weighted by atomic mass is 35.5. The average molecular weight is 349 g/mol. The number of rotatable bonds is 6. The highest BCUT2D eigenvalue weighted by Gasteiger charge is 2.20. The molecule has 1 aliphatic heterocycles. The first kappa shape index (κ1) is 16.8. The van der Waals surface area contributed by atoms with Crippen molar-refractivity contribution in [2.24, 2.45) is 0 Å². The number of carbonyl (C=O) groups excluding carboxylic acids is 1. The molecule has 3 rings (SSSR count). The molecule has 24 heavy (non-hydrogen) atoms. The van der Waals surface area contributed by atoms with Crippen LogP contribution in [-0.2, 0) is 11.3 Å². The molecule has 7 heteroatoms. The summed E-state index contributed by atoms with van der Waals surface area (Å²) >= 11 is 5.85. The number of imidazole rings is 1. The van der Waals surface area contributed by atoms with Gasteiger partial charge >= 0.3 is 0 Å². The fourth-order valence-electron chi connectivity index (χ4n) is 2.68. The maximum Gasteiger partial charge on any atom is 0.242 e. The Morgan fingerprint density at radius 2 is 1.92 bits per heavy atom. The van der Waals surface area contributed by atoms with Crippen molar-refractivity contribution in [3.8, 4) is 5.75 Å². The summed E-state index contributed by atoms with van der Waals surface area (Å²) in [5.74, 6) is 0.971. The van der Waals surface area contributed by atoms with Gasteiger partial charge in [-0.15, -0.1) is 0 Å². The smallest absolute Gasteiger partial charge is 0.242 e. The Bertz CT molecular complexity index is 637. The topological polar surface area (TPSA) is 50.6 Å². The van der Waals surface area contributed by atoms with Gasteiger partial charge in [0, 0.05) is 50.1 Å². The first-order chi connectivity index (χ1) is 11.7. The molecule has 1 aromatic heterocycles. The minimum Gasteiger partial charge on any atom is -0.492 e. The molecule has 0 bridgehead atoms. The molecule has 1 saturated heterocycles. The van der Waals surface area contributed by atoms with Crippen LogP contribution in [0.25, 0.3) is 0 Å². The summed E-state index contributed by atoms with van der Waals surface area (Å²) in [6.45, 7) is 5.11.